The molecular formula is C6H11NaO2S. The first-order valence-electron chi connectivity index (χ1n) is 2.77. The van der Waals surface area contributed by atoms with E-state index in [1.807, 2.05) is 6.26 Å². The maximum Gasteiger partial charge on any atom is 1.00 e. The van der Waals surface area contributed by atoms with Gasteiger partial charge >= 0.3 is 29.6 Å². The molecule has 0 N–H and O–H groups in total. The largest absolute Gasteiger partial charge is 1.00 e. The van der Waals surface area contributed by atoms with Crippen molar-refractivity contribution >= 4 is 17.7 Å². The third kappa shape index (κ3) is 5.47. The van der Waals surface area contributed by atoms with Crippen molar-refractivity contribution in [2.75, 3.05) is 12.9 Å². The third-order valence-corrected chi connectivity index (χ3v) is 1.65. The van der Waals surface area contributed by atoms with Gasteiger partial charge in [0.15, 0.2) is 5.97 Å². The number of hydrogen-bond acceptors (Lipinski definition) is 3. The molecule has 0 spiro atoms. The Morgan fingerprint density at radius 2 is 2.20 bits per heavy atom. The molecule has 0 atom stereocenters. The fourth-order valence-corrected chi connectivity index (χ4v) is 0.542. The minimum atomic E-state index is -0.204. The summed E-state index contributed by atoms with van der Waals surface area (Å²) in [7, 11) is 0. The maximum absolute atomic E-state index is 10.7. The molecule has 0 aromatic heterocycles. The predicted octanol–water partition coefficient (Wildman–Crippen LogP) is -1.53. The molecule has 10 heavy (non-hydrogen) atoms. The Balaban J connectivity index is 0. The Labute approximate surface area is 88.4 Å². The summed E-state index contributed by atoms with van der Waals surface area (Å²) in [6.07, 6.45) is 1.85. The van der Waals surface area contributed by atoms with E-state index in [-0.39, 0.29) is 35.5 Å². The average Bonchev–Trinajstić information content (AvgIpc) is 1.87. The van der Waals surface area contributed by atoms with Gasteiger partial charge in [0.1, 0.15) is 0 Å². The van der Waals surface area contributed by atoms with Crippen molar-refractivity contribution in [3.63, 3.8) is 0 Å². The summed E-state index contributed by atoms with van der Waals surface area (Å²) < 4.78 is 4.70. The summed E-state index contributed by atoms with van der Waals surface area (Å²) >= 11 is 1.41. The molecule has 0 radical (unpaired) electrons. The molecule has 0 bridgehead atoms. The van der Waals surface area contributed by atoms with E-state index >= 15 is 0 Å². The summed E-state index contributed by atoms with van der Waals surface area (Å²) in [4.78, 5) is 10.7. The van der Waals surface area contributed by atoms with Gasteiger partial charge in [-0.1, -0.05) is 0 Å². The topological polar surface area (TPSA) is 26.3 Å². The number of carbonyl (C=O) groups is 1. The third-order valence-electron chi connectivity index (χ3n) is 0.869. The Kier molecular flexibility index (Phi) is 10.4. The number of hydrogen-bond donors (Lipinski definition) is 0. The quantitative estimate of drug-likeness (QED) is 0.292. The van der Waals surface area contributed by atoms with Crippen LogP contribution in [-0.2, 0) is 9.53 Å². The summed E-state index contributed by atoms with van der Waals surface area (Å²) in [6, 6.07) is 0. The first-order chi connectivity index (χ1) is 4.22. The van der Waals surface area contributed by atoms with Crippen molar-refractivity contribution in [3.8, 4) is 0 Å². The monoisotopic (exact) mass is 170 g/mol. The molecule has 0 heterocycles. The van der Waals surface area contributed by atoms with Crippen LogP contribution in [0.4, 0.5) is 0 Å². The smallest absolute Gasteiger partial charge is 0.487 e. The molecule has 0 saturated carbocycles. The molecule has 0 aromatic carbocycles. The molecule has 0 rings (SSSR count). The predicted molar refractivity (Wildman–Crippen MR) is 39.1 cm³/mol. The molecule has 0 unspecified atom stereocenters. The van der Waals surface area contributed by atoms with Crippen LogP contribution in [0.5, 0.6) is 0 Å². The molecule has 54 valence electrons. The Hall–Kier alpha value is 0.690. The second-order valence-electron chi connectivity index (χ2n) is 1.48. The first kappa shape index (κ1) is 13.3. The molecule has 0 aliphatic carbocycles. The minimum absolute atomic E-state index is 0. The fraction of sp³-hybridized carbons (Fsp3) is 0.667. The van der Waals surface area contributed by atoms with Gasteiger partial charge in [0.05, 0.1) is 6.61 Å². The SMILES string of the molecule is CCOC(=O)[C-](C)SC.[Na+]. The zero-order chi connectivity index (χ0) is 7.28. The van der Waals surface area contributed by atoms with Crippen LogP contribution < -0.4 is 29.6 Å². The molecule has 0 aromatic rings. The van der Waals surface area contributed by atoms with Gasteiger partial charge in [-0.15, -0.1) is 0 Å². The van der Waals surface area contributed by atoms with E-state index in [9.17, 15) is 4.79 Å². The zero-order valence-electron chi connectivity index (χ0n) is 6.93. The number of ether oxygens (including phenoxy) is 1. The zero-order valence-corrected chi connectivity index (χ0v) is 9.75. The van der Waals surface area contributed by atoms with Gasteiger partial charge in [-0.2, -0.15) is 6.92 Å². The van der Waals surface area contributed by atoms with Crippen LogP contribution in [0.1, 0.15) is 13.8 Å². The van der Waals surface area contributed by atoms with E-state index in [4.69, 9.17) is 4.74 Å². The molecule has 0 fully saturated rings. The van der Waals surface area contributed by atoms with Crippen molar-refractivity contribution in [2.45, 2.75) is 13.8 Å². The van der Waals surface area contributed by atoms with Gasteiger partial charge in [-0.3, -0.25) is 4.79 Å². The van der Waals surface area contributed by atoms with Crippen LogP contribution in [0.15, 0.2) is 0 Å². The van der Waals surface area contributed by atoms with E-state index in [1.54, 1.807) is 13.8 Å². The summed E-state index contributed by atoms with van der Waals surface area (Å²) in [5.41, 5.74) is 0. The van der Waals surface area contributed by atoms with E-state index < -0.39 is 0 Å². The normalized spacial score (nSPS) is 7.90. The summed E-state index contributed by atoms with van der Waals surface area (Å²) in [5.74, 6) is -0.204. The van der Waals surface area contributed by atoms with Crippen molar-refractivity contribution in [3.05, 3.63) is 5.25 Å². The first-order valence-corrected chi connectivity index (χ1v) is 3.99. The molecule has 0 saturated heterocycles. The maximum atomic E-state index is 10.7. The van der Waals surface area contributed by atoms with E-state index in [1.165, 1.54) is 11.8 Å². The van der Waals surface area contributed by atoms with Gasteiger partial charge in [-0.05, 0) is 13.2 Å². The van der Waals surface area contributed by atoms with E-state index in [0.717, 1.165) is 0 Å². The van der Waals surface area contributed by atoms with E-state index in [2.05, 4.69) is 0 Å². The fourth-order valence-electron chi connectivity index (χ4n) is 0.316. The van der Waals surface area contributed by atoms with Crippen LogP contribution in [0.25, 0.3) is 0 Å². The molecular weight excluding hydrogens is 159 g/mol. The van der Waals surface area contributed by atoms with Gasteiger partial charge in [0.25, 0.3) is 0 Å². The number of rotatable bonds is 3. The second kappa shape index (κ2) is 7.79. The van der Waals surface area contributed by atoms with Gasteiger partial charge in [0, 0.05) is 0 Å². The van der Waals surface area contributed by atoms with Crippen molar-refractivity contribution in [2.24, 2.45) is 0 Å². The van der Waals surface area contributed by atoms with Crippen LogP contribution in [0.3, 0.4) is 0 Å². The van der Waals surface area contributed by atoms with Crippen LogP contribution >= 0.6 is 11.8 Å². The molecule has 0 aliphatic rings. The molecule has 0 amide bonds. The van der Waals surface area contributed by atoms with Crippen LogP contribution in [-0.4, -0.2) is 18.8 Å². The molecule has 2 nitrogen and oxygen atoms in total. The number of thioether (sulfide) groups is 1. The minimum Gasteiger partial charge on any atom is -0.487 e. The second-order valence-corrected chi connectivity index (χ2v) is 2.50. The molecule has 0 aliphatic heterocycles. The van der Waals surface area contributed by atoms with Crippen LogP contribution in [0, 0.1) is 5.25 Å². The number of carbonyl (C=O) groups excluding carboxylic acids is 1. The molecule has 4 heteroatoms. The van der Waals surface area contributed by atoms with Gasteiger partial charge < -0.3 is 16.5 Å². The summed E-state index contributed by atoms with van der Waals surface area (Å²) in [5, 5.41) is 0.705. The van der Waals surface area contributed by atoms with Crippen molar-refractivity contribution in [1.29, 1.82) is 0 Å². The summed E-state index contributed by atoms with van der Waals surface area (Å²) in [6.45, 7) is 4.00. The van der Waals surface area contributed by atoms with E-state index in [0.29, 0.717) is 11.9 Å². The van der Waals surface area contributed by atoms with Gasteiger partial charge in [-0.25, -0.2) is 5.25 Å². The van der Waals surface area contributed by atoms with Crippen LogP contribution in [0.2, 0.25) is 0 Å². The Bertz CT molecular complexity index is 97.7. The van der Waals surface area contributed by atoms with Gasteiger partial charge in [0.2, 0.25) is 0 Å². The Morgan fingerprint density at radius 1 is 1.70 bits per heavy atom. The number of esters is 1. The standard InChI is InChI=1S/C6H11O2S.Na/c1-4-8-6(7)5(2)9-3;/h4H2,1-3H3;/q-1;+1. The van der Waals surface area contributed by atoms with Crippen molar-refractivity contribution in [1.82, 2.24) is 0 Å². The average molecular weight is 170 g/mol. The van der Waals surface area contributed by atoms with Crippen molar-refractivity contribution < 1.29 is 39.1 Å². The Morgan fingerprint density at radius 3 is 2.50 bits per heavy atom.